The first-order chi connectivity index (χ1) is 10.1. The van der Waals surface area contributed by atoms with Gasteiger partial charge in [-0.15, -0.1) is 0 Å². The van der Waals surface area contributed by atoms with Crippen LogP contribution in [-0.4, -0.2) is 17.4 Å². The SMILES string of the molecule is Cc1cncc(NC(=O)c2ccc(C)c(C#CCN)c2)c1. The van der Waals surface area contributed by atoms with Crippen molar-refractivity contribution in [2.24, 2.45) is 5.73 Å². The Morgan fingerprint density at radius 2 is 2.10 bits per heavy atom. The van der Waals surface area contributed by atoms with Gasteiger partial charge in [-0.05, 0) is 43.2 Å². The van der Waals surface area contributed by atoms with Crippen LogP contribution in [0.2, 0.25) is 0 Å². The predicted molar refractivity (Wildman–Crippen MR) is 84.0 cm³/mol. The second kappa shape index (κ2) is 6.69. The average molecular weight is 279 g/mol. The van der Waals surface area contributed by atoms with Gasteiger partial charge in [0.1, 0.15) is 0 Å². The van der Waals surface area contributed by atoms with Crippen LogP contribution < -0.4 is 11.1 Å². The van der Waals surface area contributed by atoms with Crippen molar-refractivity contribution in [2.75, 3.05) is 11.9 Å². The minimum absolute atomic E-state index is 0.182. The quantitative estimate of drug-likeness (QED) is 0.829. The van der Waals surface area contributed by atoms with Crippen molar-refractivity contribution in [1.82, 2.24) is 4.98 Å². The van der Waals surface area contributed by atoms with Crippen molar-refractivity contribution in [1.29, 1.82) is 0 Å². The molecular weight excluding hydrogens is 262 g/mol. The molecule has 1 heterocycles. The van der Waals surface area contributed by atoms with E-state index in [4.69, 9.17) is 5.73 Å². The summed E-state index contributed by atoms with van der Waals surface area (Å²) in [5, 5.41) is 2.83. The Kier molecular flexibility index (Phi) is 4.70. The van der Waals surface area contributed by atoms with Gasteiger partial charge in [0, 0.05) is 17.3 Å². The third kappa shape index (κ3) is 3.91. The van der Waals surface area contributed by atoms with Gasteiger partial charge in [-0.2, -0.15) is 0 Å². The first-order valence-electron chi connectivity index (χ1n) is 6.63. The lowest BCUT2D eigenvalue weighted by atomic mass is 10.0. The van der Waals surface area contributed by atoms with Crippen LogP contribution in [-0.2, 0) is 0 Å². The first-order valence-corrected chi connectivity index (χ1v) is 6.63. The maximum absolute atomic E-state index is 12.3. The Hall–Kier alpha value is -2.64. The number of rotatable bonds is 2. The Balaban J connectivity index is 2.23. The number of carbonyl (C=O) groups excluding carboxylic acids is 1. The average Bonchev–Trinajstić information content (AvgIpc) is 2.46. The third-order valence-electron chi connectivity index (χ3n) is 2.96. The van der Waals surface area contributed by atoms with E-state index in [2.05, 4.69) is 22.1 Å². The second-order valence-corrected chi connectivity index (χ2v) is 4.74. The Bertz CT molecular complexity index is 726. The fourth-order valence-electron chi connectivity index (χ4n) is 1.87. The number of hydrogen-bond donors (Lipinski definition) is 2. The van der Waals surface area contributed by atoms with Gasteiger partial charge in [-0.3, -0.25) is 9.78 Å². The van der Waals surface area contributed by atoms with Crippen LogP contribution in [0.5, 0.6) is 0 Å². The van der Waals surface area contributed by atoms with E-state index in [0.29, 0.717) is 17.8 Å². The van der Waals surface area contributed by atoms with Gasteiger partial charge < -0.3 is 11.1 Å². The van der Waals surface area contributed by atoms with E-state index in [1.807, 2.05) is 26.0 Å². The van der Waals surface area contributed by atoms with E-state index >= 15 is 0 Å². The van der Waals surface area contributed by atoms with E-state index in [1.54, 1.807) is 24.5 Å². The number of pyridine rings is 1. The van der Waals surface area contributed by atoms with E-state index in [1.165, 1.54) is 0 Å². The van der Waals surface area contributed by atoms with Crippen LogP contribution in [0.15, 0.2) is 36.7 Å². The second-order valence-electron chi connectivity index (χ2n) is 4.74. The van der Waals surface area contributed by atoms with Gasteiger partial charge in [0.25, 0.3) is 5.91 Å². The molecule has 0 atom stereocenters. The van der Waals surface area contributed by atoms with Gasteiger partial charge >= 0.3 is 0 Å². The molecule has 0 spiro atoms. The number of benzene rings is 1. The van der Waals surface area contributed by atoms with Gasteiger partial charge in [-0.25, -0.2) is 0 Å². The van der Waals surface area contributed by atoms with E-state index in [-0.39, 0.29) is 5.91 Å². The van der Waals surface area contributed by atoms with E-state index < -0.39 is 0 Å². The molecule has 0 aliphatic heterocycles. The summed E-state index contributed by atoms with van der Waals surface area (Å²) >= 11 is 0. The summed E-state index contributed by atoms with van der Waals surface area (Å²) in [6.45, 7) is 4.17. The minimum atomic E-state index is -0.182. The third-order valence-corrected chi connectivity index (χ3v) is 2.96. The molecule has 1 aromatic heterocycles. The zero-order valence-electron chi connectivity index (χ0n) is 12.1. The van der Waals surface area contributed by atoms with Crippen LogP contribution in [0, 0.1) is 25.7 Å². The molecule has 1 aromatic carbocycles. The lowest BCUT2D eigenvalue weighted by Crippen LogP contribution is -2.12. The highest BCUT2D eigenvalue weighted by Crippen LogP contribution is 2.13. The van der Waals surface area contributed by atoms with Crippen molar-refractivity contribution >= 4 is 11.6 Å². The molecule has 0 aliphatic rings. The Morgan fingerprint density at radius 3 is 2.81 bits per heavy atom. The van der Waals surface area contributed by atoms with Crippen LogP contribution in [0.4, 0.5) is 5.69 Å². The van der Waals surface area contributed by atoms with Crippen LogP contribution in [0.3, 0.4) is 0 Å². The Morgan fingerprint density at radius 1 is 1.29 bits per heavy atom. The molecule has 2 rings (SSSR count). The molecule has 3 N–H and O–H groups in total. The molecule has 0 fully saturated rings. The molecule has 0 radical (unpaired) electrons. The molecule has 4 heteroatoms. The predicted octanol–water partition coefficient (Wildman–Crippen LogP) is 2.26. The van der Waals surface area contributed by atoms with Crippen molar-refractivity contribution in [2.45, 2.75) is 13.8 Å². The molecule has 0 aliphatic carbocycles. The zero-order chi connectivity index (χ0) is 15.2. The van der Waals surface area contributed by atoms with Crippen LogP contribution >= 0.6 is 0 Å². The molecule has 0 saturated carbocycles. The minimum Gasteiger partial charge on any atom is -0.321 e. The van der Waals surface area contributed by atoms with Gasteiger partial charge in [0.15, 0.2) is 0 Å². The van der Waals surface area contributed by atoms with Gasteiger partial charge in [0.2, 0.25) is 0 Å². The summed E-state index contributed by atoms with van der Waals surface area (Å²) in [4.78, 5) is 16.3. The number of anilines is 1. The van der Waals surface area contributed by atoms with Gasteiger partial charge in [0.05, 0.1) is 18.4 Å². The summed E-state index contributed by atoms with van der Waals surface area (Å²) in [6.07, 6.45) is 3.36. The number of carbonyl (C=O) groups is 1. The highest BCUT2D eigenvalue weighted by Gasteiger charge is 2.08. The largest absolute Gasteiger partial charge is 0.321 e. The maximum Gasteiger partial charge on any atom is 0.255 e. The highest BCUT2D eigenvalue weighted by atomic mass is 16.1. The molecule has 1 amide bonds. The number of amides is 1. The van der Waals surface area contributed by atoms with E-state index in [0.717, 1.165) is 16.7 Å². The first kappa shape index (κ1) is 14.8. The summed E-state index contributed by atoms with van der Waals surface area (Å²) in [5.74, 6) is 5.60. The lowest BCUT2D eigenvalue weighted by molar-refractivity contribution is 0.102. The molecular formula is C17H17N3O. The normalized spacial score (nSPS) is 9.67. The molecule has 106 valence electrons. The van der Waals surface area contributed by atoms with Gasteiger partial charge in [-0.1, -0.05) is 17.9 Å². The summed E-state index contributed by atoms with van der Waals surface area (Å²) in [7, 11) is 0. The number of hydrogen-bond acceptors (Lipinski definition) is 3. The topological polar surface area (TPSA) is 68.0 Å². The lowest BCUT2D eigenvalue weighted by Gasteiger charge is -2.07. The number of nitrogens with zero attached hydrogens (tertiary/aromatic N) is 1. The molecule has 4 nitrogen and oxygen atoms in total. The van der Waals surface area contributed by atoms with E-state index in [9.17, 15) is 4.79 Å². The molecule has 21 heavy (non-hydrogen) atoms. The van der Waals surface area contributed by atoms with Crippen LogP contribution in [0.25, 0.3) is 0 Å². The molecule has 0 saturated heterocycles. The van der Waals surface area contributed by atoms with Crippen molar-refractivity contribution in [3.8, 4) is 11.8 Å². The number of nitrogens with one attached hydrogen (secondary N) is 1. The molecule has 2 aromatic rings. The Labute approximate surface area is 124 Å². The van der Waals surface area contributed by atoms with Crippen molar-refractivity contribution in [3.63, 3.8) is 0 Å². The number of aryl methyl sites for hydroxylation is 2. The maximum atomic E-state index is 12.3. The number of aromatic nitrogens is 1. The number of nitrogens with two attached hydrogens (primary N) is 1. The fourth-order valence-corrected chi connectivity index (χ4v) is 1.87. The summed E-state index contributed by atoms with van der Waals surface area (Å²) in [6, 6.07) is 7.30. The fraction of sp³-hybridized carbons (Fsp3) is 0.176. The monoisotopic (exact) mass is 279 g/mol. The smallest absolute Gasteiger partial charge is 0.255 e. The highest BCUT2D eigenvalue weighted by molar-refractivity contribution is 6.04. The van der Waals surface area contributed by atoms with Crippen molar-refractivity contribution < 1.29 is 4.79 Å². The van der Waals surface area contributed by atoms with Crippen LogP contribution in [0.1, 0.15) is 27.0 Å². The molecule has 0 bridgehead atoms. The zero-order valence-corrected chi connectivity index (χ0v) is 12.1. The molecule has 0 unspecified atom stereocenters. The summed E-state index contributed by atoms with van der Waals surface area (Å²) in [5.41, 5.74) is 9.44. The summed E-state index contributed by atoms with van der Waals surface area (Å²) < 4.78 is 0. The van der Waals surface area contributed by atoms with Crippen molar-refractivity contribution in [3.05, 3.63) is 58.9 Å². The standard InChI is InChI=1S/C17H17N3O/c1-12-8-16(11-19-10-12)20-17(21)15-6-5-13(2)14(9-15)4-3-7-18/h5-6,8-11H,7,18H2,1-2H3,(H,20,21).